The van der Waals surface area contributed by atoms with Gasteiger partial charge in [-0.25, -0.2) is 9.97 Å². The van der Waals surface area contributed by atoms with Crippen LogP contribution in [-0.2, 0) is 6.54 Å². The monoisotopic (exact) mass is 357 g/mol. The molecule has 3 aromatic rings. The second kappa shape index (κ2) is 6.52. The zero-order valence-corrected chi connectivity index (χ0v) is 14.9. The number of aromatic nitrogens is 4. The number of imidazole rings is 2. The number of nitrogens with zero attached hydrogens (tertiary/aromatic N) is 5. The molecule has 1 saturated heterocycles. The van der Waals surface area contributed by atoms with Gasteiger partial charge in [0.15, 0.2) is 0 Å². The number of hydrogen-bond donors (Lipinski definition) is 0. The van der Waals surface area contributed by atoms with Crippen LogP contribution in [0.4, 0.5) is 0 Å². The summed E-state index contributed by atoms with van der Waals surface area (Å²) in [5, 5.41) is 0.623. The fourth-order valence-corrected chi connectivity index (χ4v) is 3.67. The van der Waals surface area contributed by atoms with Crippen molar-refractivity contribution in [2.45, 2.75) is 26.3 Å². The van der Waals surface area contributed by atoms with Crippen LogP contribution in [0.5, 0.6) is 0 Å². The summed E-state index contributed by atoms with van der Waals surface area (Å²) in [6, 6.07) is 3.60. The lowest BCUT2D eigenvalue weighted by atomic mass is 9.97. The first-order chi connectivity index (χ1) is 12.1. The first kappa shape index (κ1) is 16.1. The van der Waals surface area contributed by atoms with Crippen LogP contribution in [0, 0.1) is 12.8 Å². The van der Waals surface area contributed by atoms with Crippen molar-refractivity contribution in [1.29, 1.82) is 0 Å². The highest BCUT2D eigenvalue weighted by Crippen LogP contribution is 2.21. The highest BCUT2D eigenvalue weighted by Gasteiger charge is 2.26. The van der Waals surface area contributed by atoms with Crippen LogP contribution < -0.4 is 0 Å². The minimum absolute atomic E-state index is 0.00752. The molecule has 0 aliphatic carbocycles. The Morgan fingerprint density at radius 1 is 1.36 bits per heavy atom. The number of carbonyl (C=O) groups is 1. The maximum absolute atomic E-state index is 12.9. The third-order valence-electron chi connectivity index (χ3n) is 4.82. The molecular weight excluding hydrogens is 338 g/mol. The van der Waals surface area contributed by atoms with E-state index in [0.29, 0.717) is 16.6 Å². The number of hydrogen-bond acceptors (Lipinski definition) is 3. The lowest BCUT2D eigenvalue weighted by Crippen LogP contribution is -2.41. The van der Waals surface area contributed by atoms with Gasteiger partial charge in [0.2, 0.25) is 0 Å². The van der Waals surface area contributed by atoms with Crippen LogP contribution in [0.3, 0.4) is 0 Å². The van der Waals surface area contributed by atoms with Gasteiger partial charge in [-0.05, 0) is 37.8 Å². The van der Waals surface area contributed by atoms with E-state index in [9.17, 15) is 4.79 Å². The first-order valence-corrected chi connectivity index (χ1v) is 8.89. The Bertz CT molecular complexity index is 915. The van der Waals surface area contributed by atoms with Gasteiger partial charge in [0.25, 0.3) is 5.91 Å². The smallest absolute Gasteiger partial charge is 0.274 e. The van der Waals surface area contributed by atoms with E-state index in [4.69, 9.17) is 11.6 Å². The lowest BCUT2D eigenvalue weighted by Gasteiger charge is -2.32. The number of amides is 1. The zero-order valence-electron chi connectivity index (χ0n) is 14.1. The fourth-order valence-electron chi connectivity index (χ4n) is 3.50. The maximum atomic E-state index is 12.9. The Balaban J connectivity index is 1.49. The van der Waals surface area contributed by atoms with Crippen LogP contribution in [-0.4, -0.2) is 42.8 Å². The summed E-state index contributed by atoms with van der Waals surface area (Å²) in [4.78, 5) is 23.5. The number of halogens is 1. The third kappa shape index (κ3) is 3.26. The predicted octanol–water partition coefficient (Wildman–Crippen LogP) is 3.05. The summed E-state index contributed by atoms with van der Waals surface area (Å²) >= 11 is 6.00. The van der Waals surface area contributed by atoms with E-state index in [1.807, 2.05) is 30.3 Å². The van der Waals surface area contributed by atoms with E-state index < -0.39 is 0 Å². The molecule has 4 rings (SSSR count). The molecule has 0 bridgehead atoms. The average Bonchev–Trinajstić information content (AvgIpc) is 3.20. The van der Waals surface area contributed by atoms with Gasteiger partial charge in [0, 0.05) is 44.4 Å². The Morgan fingerprint density at radius 2 is 2.24 bits per heavy atom. The third-order valence-corrected chi connectivity index (χ3v) is 5.04. The minimum Gasteiger partial charge on any atom is -0.337 e. The molecule has 130 valence electrons. The normalized spacial score (nSPS) is 18.0. The lowest BCUT2D eigenvalue weighted by molar-refractivity contribution is 0.0657. The molecule has 7 heteroatoms. The van der Waals surface area contributed by atoms with Gasteiger partial charge in [0.1, 0.15) is 17.2 Å². The molecule has 1 fully saturated rings. The zero-order chi connectivity index (χ0) is 17.4. The van der Waals surface area contributed by atoms with Crippen LogP contribution >= 0.6 is 11.6 Å². The molecule has 1 aliphatic rings. The second-order valence-corrected chi connectivity index (χ2v) is 7.06. The molecule has 0 spiro atoms. The number of pyridine rings is 1. The van der Waals surface area contributed by atoms with Crippen molar-refractivity contribution in [3.63, 3.8) is 0 Å². The summed E-state index contributed by atoms with van der Waals surface area (Å²) in [5.74, 6) is 1.45. The molecule has 1 unspecified atom stereocenters. The van der Waals surface area contributed by atoms with Crippen molar-refractivity contribution in [3.05, 3.63) is 53.5 Å². The van der Waals surface area contributed by atoms with Crippen molar-refractivity contribution in [1.82, 2.24) is 23.8 Å². The molecule has 1 atom stereocenters. The van der Waals surface area contributed by atoms with Gasteiger partial charge >= 0.3 is 0 Å². The van der Waals surface area contributed by atoms with Crippen LogP contribution in [0.1, 0.15) is 29.2 Å². The quantitative estimate of drug-likeness (QED) is 0.724. The van der Waals surface area contributed by atoms with Gasteiger partial charge in [-0.3, -0.25) is 4.79 Å². The van der Waals surface area contributed by atoms with Crippen LogP contribution in [0.2, 0.25) is 5.02 Å². The fraction of sp³-hybridized carbons (Fsp3) is 0.389. The van der Waals surface area contributed by atoms with E-state index in [2.05, 4.69) is 14.5 Å². The number of fused-ring (bicyclic) bond motifs is 1. The molecule has 1 aliphatic heterocycles. The summed E-state index contributed by atoms with van der Waals surface area (Å²) < 4.78 is 3.96. The standard InChI is InChI=1S/C18H20ClN5O/c1-13-20-6-8-22(13)9-14-3-2-7-23(10-14)18(25)16-12-24-11-15(19)4-5-17(24)21-16/h4-6,8,11-12,14H,2-3,7,9-10H2,1H3. The van der Waals surface area contributed by atoms with E-state index in [0.717, 1.165) is 43.9 Å². The molecule has 3 aromatic heterocycles. The summed E-state index contributed by atoms with van der Waals surface area (Å²) in [6.45, 7) is 4.45. The highest BCUT2D eigenvalue weighted by atomic mass is 35.5. The van der Waals surface area contributed by atoms with Crippen molar-refractivity contribution < 1.29 is 4.79 Å². The van der Waals surface area contributed by atoms with E-state index in [1.165, 1.54) is 0 Å². The summed E-state index contributed by atoms with van der Waals surface area (Å²) in [5.41, 5.74) is 1.21. The molecule has 25 heavy (non-hydrogen) atoms. The van der Waals surface area contributed by atoms with Gasteiger partial charge in [-0.1, -0.05) is 11.6 Å². The SMILES string of the molecule is Cc1nccn1CC1CCCN(C(=O)c2cn3cc(Cl)ccc3n2)C1. The van der Waals surface area contributed by atoms with Crippen LogP contribution in [0.25, 0.3) is 5.65 Å². The summed E-state index contributed by atoms with van der Waals surface area (Å²) in [6.07, 6.45) is 9.49. The largest absolute Gasteiger partial charge is 0.337 e. The number of rotatable bonds is 3. The molecular formula is C18H20ClN5O. The number of carbonyl (C=O) groups excluding carboxylic acids is 1. The average molecular weight is 358 g/mol. The Morgan fingerprint density at radius 3 is 3.04 bits per heavy atom. The van der Waals surface area contributed by atoms with Gasteiger partial charge in [-0.15, -0.1) is 0 Å². The van der Waals surface area contributed by atoms with Crippen molar-refractivity contribution in [2.24, 2.45) is 5.92 Å². The molecule has 6 nitrogen and oxygen atoms in total. The minimum atomic E-state index is -0.00752. The number of piperidine rings is 1. The second-order valence-electron chi connectivity index (χ2n) is 6.63. The molecule has 0 saturated carbocycles. The van der Waals surface area contributed by atoms with Crippen molar-refractivity contribution >= 4 is 23.2 Å². The molecule has 4 heterocycles. The van der Waals surface area contributed by atoms with Crippen molar-refractivity contribution in [2.75, 3.05) is 13.1 Å². The highest BCUT2D eigenvalue weighted by molar-refractivity contribution is 6.30. The van der Waals surface area contributed by atoms with E-state index in [1.54, 1.807) is 22.9 Å². The van der Waals surface area contributed by atoms with Crippen molar-refractivity contribution in [3.8, 4) is 0 Å². The van der Waals surface area contributed by atoms with E-state index >= 15 is 0 Å². The van der Waals surface area contributed by atoms with Gasteiger partial charge in [-0.2, -0.15) is 0 Å². The number of aryl methyl sites for hydroxylation is 1. The van der Waals surface area contributed by atoms with E-state index in [-0.39, 0.29) is 5.91 Å². The molecule has 1 amide bonds. The topological polar surface area (TPSA) is 55.4 Å². The van der Waals surface area contributed by atoms with Gasteiger partial charge in [0.05, 0.1) is 5.02 Å². The molecule has 0 radical (unpaired) electrons. The number of likely N-dealkylation sites (tertiary alicyclic amines) is 1. The Kier molecular flexibility index (Phi) is 4.21. The van der Waals surface area contributed by atoms with Gasteiger partial charge < -0.3 is 13.9 Å². The first-order valence-electron chi connectivity index (χ1n) is 8.51. The Hall–Kier alpha value is -2.34. The maximum Gasteiger partial charge on any atom is 0.274 e. The Labute approximate surface area is 151 Å². The van der Waals surface area contributed by atoms with Crippen LogP contribution in [0.15, 0.2) is 36.9 Å². The predicted molar refractivity (Wildman–Crippen MR) is 95.8 cm³/mol. The summed E-state index contributed by atoms with van der Waals surface area (Å²) in [7, 11) is 0. The molecule has 0 aromatic carbocycles. The molecule has 0 N–H and O–H groups in total.